The van der Waals surface area contributed by atoms with E-state index in [0.717, 1.165) is 10.5 Å². The molecule has 25 heavy (non-hydrogen) atoms. The Morgan fingerprint density at radius 1 is 0.880 bits per heavy atom. The molecule has 1 saturated heterocycles. The third kappa shape index (κ3) is 4.74. The Labute approximate surface area is 145 Å². The monoisotopic (exact) mass is 356 g/mol. The average Bonchev–Trinajstić information content (AvgIpc) is 2.77. The van der Waals surface area contributed by atoms with Crippen molar-refractivity contribution in [2.24, 2.45) is 0 Å². The van der Waals surface area contributed by atoms with Gasteiger partial charge in [0.25, 0.3) is 5.91 Å². The first-order valence-electron chi connectivity index (χ1n) is 8.26. The lowest BCUT2D eigenvalue weighted by atomic mass is 9.86. The van der Waals surface area contributed by atoms with Crippen LogP contribution in [0.3, 0.4) is 0 Å². The SMILES string of the molecule is CC(C)(C)c1ccc(C(=O)N2CCCN(C(=O)C(F)(F)F)CC2)cc1. The first kappa shape index (κ1) is 19.3. The summed E-state index contributed by atoms with van der Waals surface area (Å²) in [5, 5.41) is 0. The van der Waals surface area contributed by atoms with Gasteiger partial charge in [0.05, 0.1) is 0 Å². The zero-order valence-electron chi connectivity index (χ0n) is 14.7. The number of nitrogens with zero attached hydrogens (tertiary/aromatic N) is 2. The molecule has 2 rings (SSSR count). The minimum atomic E-state index is -4.87. The molecule has 4 nitrogen and oxygen atoms in total. The van der Waals surface area contributed by atoms with E-state index in [2.05, 4.69) is 20.8 Å². The van der Waals surface area contributed by atoms with E-state index in [9.17, 15) is 22.8 Å². The molecule has 0 saturated carbocycles. The Hall–Kier alpha value is -2.05. The van der Waals surface area contributed by atoms with Crippen LogP contribution < -0.4 is 0 Å². The fraction of sp³-hybridized carbons (Fsp3) is 0.556. The summed E-state index contributed by atoms with van der Waals surface area (Å²) in [5.74, 6) is -2.06. The van der Waals surface area contributed by atoms with Crippen molar-refractivity contribution in [2.75, 3.05) is 26.2 Å². The van der Waals surface area contributed by atoms with Gasteiger partial charge in [-0.15, -0.1) is 0 Å². The molecule has 138 valence electrons. The average molecular weight is 356 g/mol. The second-order valence-corrected chi connectivity index (χ2v) is 7.26. The van der Waals surface area contributed by atoms with Crippen molar-refractivity contribution in [3.8, 4) is 0 Å². The van der Waals surface area contributed by atoms with Gasteiger partial charge in [0, 0.05) is 31.7 Å². The Morgan fingerprint density at radius 3 is 1.92 bits per heavy atom. The molecule has 0 atom stereocenters. The van der Waals surface area contributed by atoms with Crippen LogP contribution in [0.2, 0.25) is 0 Å². The fourth-order valence-electron chi connectivity index (χ4n) is 2.80. The summed E-state index contributed by atoms with van der Waals surface area (Å²) in [7, 11) is 0. The molecular weight excluding hydrogens is 333 g/mol. The van der Waals surface area contributed by atoms with Gasteiger partial charge < -0.3 is 9.80 Å². The lowest BCUT2D eigenvalue weighted by Crippen LogP contribution is -2.43. The van der Waals surface area contributed by atoms with Crippen LogP contribution in [0.25, 0.3) is 0 Å². The second kappa shape index (κ2) is 7.06. The molecule has 1 aromatic rings. The minimum absolute atomic E-state index is 0.00504. The van der Waals surface area contributed by atoms with Gasteiger partial charge in [-0.05, 0) is 29.5 Å². The summed E-state index contributed by atoms with van der Waals surface area (Å²) in [5.41, 5.74) is 1.58. The molecule has 1 heterocycles. The lowest BCUT2D eigenvalue weighted by Gasteiger charge is -2.23. The van der Waals surface area contributed by atoms with E-state index in [-0.39, 0.29) is 31.0 Å². The highest BCUT2D eigenvalue weighted by Crippen LogP contribution is 2.23. The summed E-state index contributed by atoms with van der Waals surface area (Å²) in [6, 6.07) is 7.27. The quantitative estimate of drug-likeness (QED) is 0.775. The molecule has 1 fully saturated rings. The molecule has 0 spiro atoms. The van der Waals surface area contributed by atoms with E-state index in [1.165, 1.54) is 4.90 Å². The molecule has 0 N–H and O–H groups in total. The van der Waals surface area contributed by atoms with Crippen molar-refractivity contribution in [1.82, 2.24) is 9.80 Å². The van der Waals surface area contributed by atoms with Crippen LogP contribution in [0.1, 0.15) is 43.1 Å². The van der Waals surface area contributed by atoms with Gasteiger partial charge in [0.1, 0.15) is 0 Å². The highest BCUT2D eigenvalue weighted by atomic mass is 19.4. The third-order valence-electron chi connectivity index (χ3n) is 4.31. The molecule has 0 aliphatic carbocycles. The predicted molar refractivity (Wildman–Crippen MR) is 88.3 cm³/mol. The van der Waals surface area contributed by atoms with E-state index in [0.29, 0.717) is 18.5 Å². The van der Waals surface area contributed by atoms with E-state index in [1.807, 2.05) is 12.1 Å². The van der Waals surface area contributed by atoms with Crippen molar-refractivity contribution >= 4 is 11.8 Å². The summed E-state index contributed by atoms with van der Waals surface area (Å²) in [4.78, 5) is 26.2. The van der Waals surface area contributed by atoms with E-state index >= 15 is 0 Å². The van der Waals surface area contributed by atoms with Crippen molar-refractivity contribution in [1.29, 1.82) is 0 Å². The normalized spacial score (nSPS) is 16.6. The molecule has 1 aromatic carbocycles. The summed E-state index contributed by atoms with van der Waals surface area (Å²) >= 11 is 0. The maximum atomic E-state index is 12.6. The Bertz CT molecular complexity index is 633. The standard InChI is InChI=1S/C18H23F3N2O2/c1-17(2,3)14-7-5-13(6-8-14)15(24)22-9-4-10-23(12-11-22)16(25)18(19,20)21/h5-8H,4,9-12H2,1-3H3. The molecule has 1 aliphatic heterocycles. The van der Waals surface area contributed by atoms with Crippen LogP contribution in [-0.4, -0.2) is 54.0 Å². The van der Waals surface area contributed by atoms with Crippen LogP contribution >= 0.6 is 0 Å². The second-order valence-electron chi connectivity index (χ2n) is 7.26. The smallest absolute Gasteiger partial charge is 0.337 e. The Kier molecular flexibility index (Phi) is 5.44. The summed E-state index contributed by atoms with van der Waals surface area (Å²) in [6.07, 6.45) is -4.55. The van der Waals surface area contributed by atoms with Crippen LogP contribution in [0, 0.1) is 0 Å². The fourth-order valence-corrected chi connectivity index (χ4v) is 2.80. The van der Waals surface area contributed by atoms with Gasteiger partial charge in [0.2, 0.25) is 0 Å². The van der Waals surface area contributed by atoms with Gasteiger partial charge in [-0.3, -0.25) is 9.59 Å². The number of carbonyl (C=O) groups excluding carboxylic acids is 2. The van der Waals surface area contributed by atoms with Gasteiger partial charge in [-0.2, -0.15) is 13.2 Å². The topological polar surface area (TPSA) is 40.6 Å². The Morgan fingerprint density at radius 2 is 1.40 bits per heavy atom. The zero-order chi connectivity index (χ0) is 18.8. The van der Waals surface area contributed by atoms with Gasteiger partial charge >= 0.3 is 12.1 Å². The predicted octanol–water partition coefficient (Wildman–Crippen LogP) is 3.22. The number of alkyl halides is 3. The molecule has 2 amide bonds. The molecule has 0 radical (unpaired) electrons. The summed E-state index contributed by atoms with van der Waals surface area (Å²) < 4.78 is 37.6. The highest BCUT2D eigenvalue weighted by Gasteiger charge is 2.42. The van der Waals surface area contributed by atoms with Gasteiger partial charge in [-0.25, -0.2) is 0 Å². The van der Waals surface area contributed by atoms with Gasteiger partial charge in [0.15, 0.2) is 0 Å². The van der Waals surface area contributed by atoms with Crippen molar-refractivity contribution in [2.45, 2.75) is 38.8 Å². The maximum absolute atomic E-state index is 12.6. The molecule has 0 unspecified atom stereocenters. The largest absolute Gasteiger partial charge is 0.471 e. The van der Waals surface area contributed by atoms with Crippen LogP contribution in [0.4, 0.5) is 13.2 Å². The number of hydrogen-bond donors (Lipinski definition) is 0. The third-order valence-corrected chi connectivity index (χ3v) is 4.31. The number of amides is 2. The van der Waals surface area contributed by atoms with E-state index in [1.54, 1.807) is 12.1 Å². The molecule has 1 aliphatic rings. The van der Waals surface area contributed by atoms with Crippen molar-refractivity contribution < 1.29 is 22.8 Å². The minimum Gasteiger partial charge on any atom is -0.337 e. The first-order chi connectivity index (χ1) is 11.5. The lowest BCUT2D eigenvalue weighted by molar-refractivity contribution is -0.185. The maximum Gasteiger partial charge on any atom is 0.471 e. The van der Waals surface area contributed by atoms with Crippen LogP contribution in [-0.2, 0) is 10.2 Å². The molecule has 0 aromatic heterocycles. The van der Waals surface area contributed by atoms with Crippen molar-refractivity contribution in [3.05, 3.63) is 35.4 Å². The first-order valence-corrected chi connectivity index (χ1v) is 8.26. The summed E-state index contributed by atoms with van der Waals surface area (Å²) in [6.45, 7) is 6.55. The van der Waals surface area contributed by atoms with Crippen molar-refractivity contribution in [3.63, 3.8) is 0 Å². The van der Waals surface area contributed by atoms with Crippen LogP contribution in [0.15, 0.2) is 24.3 Å². The van der Waals surface area contributed by atoms with Crippen LogP contribution in [0.5, 0.6) is 0 Å². The highest BCUT2D eigenvalue weighted by molar-refractivity contribution is 5.94. The number of carbonyl (C=O) groups is 2. The Balaban J connectivity index is 2.05. The number of halogens is 3. The number of benzene rings is 1. The number of hydrogen-bond acceptors (Lipinski definition) is 2. The molecule has 7 heteroatoms. The zero-order valence-corrected chi connectivity index (χ0v) is 14.7. The van der Waals surface area contributed by atoms with Gasteiger partial charge in [-0.1, -0.05) is 32.9 Å². The molecular formula is C18H23F3N2O2. The van der Waals surface area contributed by atoms with E-state index in [4.69, 9.17) is 0 Å². The number of rotatable bonds is 1. The van der Waals surface area contributed by atoms with E-state index < -0.39 is 12.1 Å². The molecule has 0 bridgehead atoms.